The van der Waals surface area contributed by atoms with Gasteiger partial charge in [-0.05, 0) is 49.8 Å². The highest BCUT2D eigenvalue weighted by Crippen LogP contribution is 2.24. The number of ether oxygens (including phenoxy) is 1. The van der Waals surface area contributed by atoms with Gasteiger partial charge in [0.2, 0.25) is 4.77 Å². The maximum Gasteiger partial charge on any atom is 0.222 e. The van der Waals surface area contributed by atoms with Gasteiger partial charge in [0.1, 0.15) is 10.8 Å². The Morgan fingerprint density at radius 1 is 0.935 bits per heavy atom. The third-order valence-electron chi connectivity index (χ3n) is 5.50. The first kappa shape index (κ1) is 23.7. The highest BCUT2D eigenvalue weighted by Gasteiger charge is 2.11. The molecule has 0 aliphatic rings. The summed E-state index contributed by atoms with van der Waals surface area (Å²) in [5.74, 6) is 1.43. The monoisotopic (exact) mass is 460 g/mol. The van der Waals surface area contributed by atoms with Crippen LogP contribution in [0.4, 0.5) is 0 Å². The summed E-state index contributed by atoms with van der Waals surface area (Å²) in [4.78, 5) is 8.99. The van der Waals surface area contributed by atoms with Crippen LogP contribution in [0, 0.1) is 11.7 Å². The van der Waals surface area contributed by atoms with Crippen molar-refractivity contribution in [2.75, 3.05) is 6.61 Å². The molecule has 3 aromatic rings. The molecule has 3 rings (SSSR count). The van der Waals surface area contributed by atoms with Gasteiger partial charge in [0, 0.05) is 5.56 Å². The molecule has 0 amide bonds. The van der Waals surface area contributed by atoms with Crippen molar-refractivity contribution >= 4 is 29.5 Å². The number of fused-ring (bicyclic) bond motifs is 1. The van der Waals surface area contributed by atoms with Crippen LogP contribution in [0.25, 0.3) is 17.0 Å². The molecular weight excluding hydrogens is 428 g/mol. The Labute approximate surface area is 195 Å². The third-order valence-corrected chi connectivity index (χ3v) is 6.23. The minimum absolute atomic E-state index is 0.399. The minimum Gasteiger partial charge on any atom is -0.494 e. The first-order valence-electron chi connectivity index (χ1n) is 11.5. The van der Waals surface area contributed by atoms with Crippen molar-refractivity contribution in [2.45, 2.75) is 78.1 Å². The molecule has 0 radical (unpaired) electrons. The summed E-state index contributed by atoms with van der Waals surface area (Å²) in [5, 5.41) is 3.63. The number of hydrogen-bond acceptors (Lipinski definition) is 4. The number of aryl methyl sites for hydroxylation is 1. The number of halogens is 1. The fourth-order valence-corrected chi connectivity index (χ4v) is 4.04. The van der Waals surface area contributed by atoms with E-state index in [4.69, 9.17) is 28.6 Å². The molecular formula is C24H33ClN4OS. The van der Waals surface area contributed by atoms with Gasteiger partial charge in [0.15, 0.2) is 11.5 Å². The van der Waals surface area contributed by atoms with Gasteiger partial charge in [0.05, 0.1) is 12.3 Å². The van der Waals surface area contributed by atoms with Gasteiger partial charge in [-0.2, -0.15) is 4.98 Å². The van der Waals surface area contributed by atoms with E-state index in [9.17, 15) is 0 Å². The molecule has 0 saturated heterocycles. The summed E-state index contributed by atoms with van der Waals surface area (Å²) >= 11 is 11.7. The molecule has 0 unspecified atom stereocenters. The van der Waals surface area contributed by atoms with Crippen LogP contribution >= 0.6 is 23.8 Å². The third kappa shape index (κ3) is 6.78. The fraction of sp³-hybridized carbons (Fsp3) is 0.542. The fourth-order valence-electron chi connectivity index (χ4n) is 3.65. The molecule has 1 aromatic carbocycles. The number of unbranched alkanes of at least 4 members (excludes halogenated alkanes) is 9. The summed E-state index contributed by atoms with van der Waals surface area (Å²) in [6.45, 7) is 4.90. The number of hydrogen-bond donors (Lipinski definition) is 1. The Morgan fingerprint density at radius 3 is 2.19 bits per heavy atom. The number of rotatable bonds is 13. The maximum atomic E-state index is 6.33. The topological polar surface area (TPSA) is 55.2 Å². The smallest absolute Gasteiger partial charge is 0.222 e. The highest BCUT2D eigenvalue weighted by atomic mass is 35.5. The molecule has 0 fully saturated rings. The van der Waals surface area contributed by atoms with Crippen LogP contribution in [0.2, 0.25) is 5.02 Å². The molecule has 0 atom stereocenters. The van der Waals surface area contributed by atoms with Crippen LogP contribution in [-0.4, -0.2) is 26.2 Å². The molecule has 0 aliphatic carbocycles. The summed E-state index contributed by atoms with van der Waals surface area (Å²) in [5.41, 5.74) is 2.29. The summed E-state index contributed by atoms with van der Waals surface area (Å²) in [7, 11) is 0. The van der Waals surface area contributed by atoms with E-state index >= 15 is 0 Å². The molecule has 2 heterocycles. The van der Waals surface area contributed by atoms with E-state index in [1.807, 2.05) is 31.2 Å². The van der Waals surface area contributed by atoms with Crippen molar-refractivity contribution in [2.24, 2.45) is 0 Å². The first-order chi connectivity index (χ1) is 15.1. The molecule has 168 valence electrons. The Kier molecular flexibility index (Phi) is 9.34. The van der Waals surface area contributed by atoms with Crippen molar-refractivity contribution < 1.29 is 4.74 Å². The SMILES string of the molecule is CCCCCCCCCCCCOc1ccc(-c2nc(=S)n3[nH]c(C)c(Cl)c3n2)cc1. The number of aromatic nitrogens is 4. The zero-order valence-electron chi connectivity index (χ0n) is 18.6. The Morgan fingerprint density at radius 2 is 1.55 bits per heavy atom. The maximum absolute atomic E-state index is 6.33. The summed E-state index contributed by atoms with van der Waals surface area (Å²) in [6.07, 6.45) is 13.2. The molecule has 2 aromatic heterocycles. The summed E-state index contributed by atoms with van der Waals surface area (Å²) < 4.78 is 7.92. The van der Waals surface area contributed by atoms with Crippen molar-refractivity contribution in [1.82, 2.24) is 19.6 Å². The zero-order chi connectivity index (χ0) is 22.1. The van der Waals surface area contributed by atoms with Crippen LogP contribution in [0.1, 0.15) is 76.8 Å². The minimum atomic E-state index is 0.399. The summed E-state index contributed by atoms with van der Waals surface area (Å²) in [6, 6.07) is 7.84. The van der Waals surface area contributed by atoms with Crippen LogP contribution in [-0.2, 0) is 0 Å². The predicted octanol–water partition coefficient (Wildman–Crippen LogP) is 7.72. The number of nitrogens with zero attached hydrogens (tertiary/aromatic N) is 3. The van der Waals surface area contributed by atoms with Crippen LogP contribution < -0.4 is 4.74 Å². The lowest BCUT2D eigenvalue weighted by Gasteiger charge is -2.07. The second kappa shape index (κ2) is 12.2. The van der Waals surface area contributed by atoms with E-state index in [1.165, 1.54) is 57.8 Å². The lowest BCUT2D eigenvalue weighted by molar-refractivity contribution is 0.304. The normalized spacial score (nSPS) is 11.3. The zero-order valence-corrected chi connectivity index (χ0v) is 20.2. The molecule has 0 aliphatic heterocycles. The van der Waals surface area contributed by atoms with Gasteiger partial charge in [-0.3, -0.25) is 5.10 Å². The second-order valence-electron chi connectivity index (χ2n) is 8.09. The van der Waals surface area contributed by atoms with Crippen LogP contribution in [0.3, 0.4) is 0 Å². The van der Waals surface area contributed by atoms with Gasteiger partial charge >= 0.3 is 0 Å². The predicted molar refractivity (Wildman–Crippen MR) is 131 cm³/mol. The highest BCUT2D eigenvalue weighted by molar-refractivity contribution is 7.71. The molecule has 1 N–H and O–H groups in total. The largest absolute Gasteiger partial charge is 0.494 e. The molecule has 31 heavy (non-hydrogen) atoms. The number of aromatic amines is 1. The second-order valence-corrected chi connectivity index (χ2v) is 8.84. The Balaban J connectivity index is 1.41. The van der Waals surface area contributed by atoms with Gasteiger partial charge in [-0.25, -0.2) is 9.50 Å². The molecule has 5 nitrogen and oxygen atoms in total. The Hall–Kier alpha value is -1.92. The average Bonchev–Trinajstić information content (AvgIpc) is 3.07. The molecule has 0 saturated carbocycles. The van der Waals surface area contributed by atoms with Crippen molar-refractivity contribution in [1.29, 1.82) is 0 Å². The van der Waals surface area contributed by atoms with E-state index in [0.29, 0.717) is 21.3 Å². The van der Waals surface area contributed by atoms with Gasteiger partial charge < -0.3 is 4.74 Å². The van der Waals surface area contributed by atoms with Gasteiger partial charge in [-0.15, -0.1) is 0 Å². The quantitative estimate of drug-likeness (QED) is 0.209. The number of benzene rings is 1. The molecule has 0 spiro atoms. The van der Waals surface area contributed by atoms with Crippen LogP contribution in [0.5, 0.6) is 5.75 Å². The first-order valence-corrected chi connectivity index (χ1v) is 12.3. The van der Waals surface area contributed by atoms with Gasteiger partial charge in [-0.1, -0.05) is 76.3 Å². The van der Waals surface area contributed by atoms with Crippen molar-refractivity contribution in [3.8, 4) is 17.1 Å². The Bertz CT molecular complexity index is 1010. The standard InChI is InChI=1S/C24H33ClN4OS/c1-3-4-5-6-7-8-9-10-11-12-17-30-20-15-13-19(14-16-20)22-26-23-21(25)18(2)28-29(23)24(31)27-22/h13-16,28H,3-12,17H2,1-2H3. The molecule has 0 bridgehead atoms. The lowest BCUT2D eigenvalue weighted by atomic mass is 10.1. The van der Waals surface area contributed by atoms with E-state index in [0.717, 1.165) is 30.0 Å². The van der Waals surface area contributed by atoms with E-state index < -0.39 is 0 Å². The van der Waals surface area contributed by atoms with Crippen molar-refractivity contribution in [3.63, 3.8) is 0 Å². The average molecular weight is 461 g/mol. The lowest BCUT2D eigenvalue weighted by Crippen LogP contribution is -1.99. The van der Waals surface area contributed by atoms with E-state index in [-0.39, 0.29) is 0 Å². The van der Waals surface area contributed by atoms with Crippen molar-refractivity contribution in [3.05, 3.63) is 39.8 Å². The van der Waals surface area contributed by atoms with Gasteiger partial charge in [0.25, 0.3) is 0 Å². The van der Waals surface area contributed by atoms with Crippen LogP contribution in [0.15, 0.2) is 24.3 Å². The number of H-pyrrole nitrogens is 1. The van der Waals surface area contributed by atoms with E-state index in [2.05, 4.69) is 22.0 Å². The molecule has 7 heteroatoms. The number of nitrogens with one attached hydrogen (secondary N) is 1. The van der Waals surface area contributed by atoms with E-state index in [1.54, 1.807) is 4.52 Å².